The van der Waals surface area contributed by atoms with Crippen molar-refractivity contribution in [3.8, 4) is 11.4 Å². The van der Waals surface area contributed by atoms with Gasteiger partial charge in [-0.1, -0.05) is 60.2 Å². The van der Waals surface area contributed by atoms with Crippen LogP contribution in [0, 0.1) is 6.92 Å². The van der Waals surface area contributed by atoms with Gasteiger partial charge in [-0.3, -0.25) is 0 Å². The van der Waals surface area contributed by atoms with Crippen LogP contribution in [0.3, 0.4) is 0 Å². The molecule has 0 N–H and O–H groups in total. The molecule has 0 amide bonds. The van der Waals surface area contributed by atoms with Gasteiger partial charge in [0.2, 0.25) is 5.82 Å². The zero-order chi connectivity index (χ0) is 16.4. The van der Waals surface area contributed by atoms with Crippen LogP contribution in [0.5, 0.6) is 0 Å². The molecule has 4 rings (SSSR count). The second-order valence-corrected chi connectivity index (χ2v) is 6.28. The van der Waals surface area contributed by atoms with Gasteiger partial charge >= 0.3 is 0 Å². The zero-order valence-electron chi connectivity index (χ0n) is 13.7. The molecule has 0 bridgehead atoms. The fourth-order valence-electron chi connectivity index (χ4n) is 3.35. The standard InChI is InChI=1S/C19H20N4O/c1-15-6-5-9-17(14-15)19(10-12-24-13-11-19)23-21-18(20-22-23)16-7-3-2-4-8-16/h2-9,14H,10-13H2,1H3. The Hall–Kier alpha value is -2.53. The number of ether oxygens (including phenoxy) is 1. The summed E-state index contributed by atoms with van der Waals surface area (Å²) >= 11 is 0. The molecule has 1 aliphatic heterocycles. The first kappa shape index (κ1) is 15.0. The molecule has 2 aromatic carbocycles. The largest absolute Gasteiger partial charge is 0.381 e. The minimum Gasteiger partial charge on any atom is -0.381 e. The third-order valence-corrected chi connectivity index (χ3v) is 4.70. The number of tetrazole rings is 1. The molecule has 1 fully saturated rings. The Balaban J connectivity index is 1.79. The highest BCUT2D eigenvalue weighted by Crippen LogP contribution is 2.36. The number of rotatable bonds is 3. The molecule has 122 valence electrons. The average Bonchev–Trinajstić information content (AvgIpc) is 3.14. The van der Waals surface area contributed by atoms with Crippen LogP contribution in [0.25, 0.3) is 11.4 Å². The van der Waals surface area contributed by atoms with E-state index in [0.717, 1.165) is 18.4 Å². The number of aryl methyl sites for hydroxylation is 1. The minimum absolute atomic E-state index is 0.287. The number of hydrogen-bond donors (Lipinski definition) is 0. The highest BCUT2D eigenvalue weighted by atomic mass is 16.5. The number of nitrogens with zero attached hydrogens (tertiary/aromatic N) is 4. The monoisotopic (exact) mass is 320 g/mol. The van der Waals surface area contributed by atoms with Crippen LogP contribution in [-0.2, 0) is 10.3 Å². The third-order valence-electron chi connectivity index (χ3n) is 4.70. The van der Waals surface area contributed by atoms with Crippen molar-refractivity contribution in [2.45, 2.75) is 25.3 Å². The van der Waals surface area contributed by atoms with Crippen LogP contribution in [-0.4, -0.2) is 33.4 Å². The summed E-state index contributed by atoms with van der Waals surface area (Å²) in [5.41, 5.74) is 3.16. The number of benzene rings is 2. The van der Waals surface area contributed by atoms with Gasteiger partial charge in [-0.15, -0.1) is 10.2 Å². The fraction of sp³-hybridized carbons (Fsp3) is 0.316. The molecule has 0 saturated carbocycles. The Bertz CT molecular complexity index is 822. The maximum absolute atomic E-state index is 5.60. The topological polar surface area (TPSA) is 52.8 Å². The zero-order valence-corrected chi connectivity index (χ0v) is 13.7. The predicted molar refractivity (Wildman–Crippen MR) is 91.6 cm³/mol. The molecule has 5 heteroatoms. The SMILES string of the molecule is Cc1cccc(C2(n3nnc(-c4ccccc4)n3)CCOCC2)c1. The van der Waals surface area contributed by atoms with Gasteiger partial charge < -0.3 is 4.74 Å². The molecule has 1 saturated heterocycles. The Morgan fingerprint density at radius 1 is 1.00 bits per heavy atom. The van der Waals surface area contributed by atoms with Crippen LogP contribution in [0.15, 0.2) is 54.6 Å². The first-order chi connectivity index (χ1) is 11.8. The molecule has 24 heavy (non-hydrogen) atoms. The van der Waals surface area contributed by atoms with Gasteiger partial charge in [0.15, 0.2) is 0 Å². The van der Waals surface area contributed by atoms with Crippen LogP contribution < -0.4 is 0 Å². The van der Waals surface area contributed by atoms with Crippen molar-refractivity contribution in [2.24, 2.45) is 0 Å². The molecular weight excluding hydrogens is 300 g/mol. The summed E-state index contributed by atoms with van der Waals surface area (Å²) in [6.07, 6.45) is 1.70. The smallest absolute Gasteiger partial charge is 0.204 e. The quantitative estimate of drug-likeness (QED) is 0.743. The lowest BCUT2D eigenvalue weighted by molar-refractivity contribution is 0.0270. The van der Waals surface area contributed by atoms with Crippen molar-refractivity contribution in [3.63, 3.8) is 0 Å². The van der Waals surface area contributed by atoms with Gasteiger partial charge in [0.25, 0.3) is 0 Å². The molecule has 0 radical (unpaired) electrons. The molecule has 2 heterocycles. The molecule has 0 unspecified atom stereocenters. The van der Waals surface area contributed by atoms with E-state index in [4.69, 9.17) is 9.84 Å². The van der Waals surface area contributed by atoms with Crippen molar-refractivity contribution in [2.75, 3.05) is 13.2 Å². The molecule has 0 aliphatic carbocycles. The summed E-state index contributed by atoms with van der Waals surface area (Å²) in [4.78, 5) is 1.80. The normalized spacial score (nSPS) is 16.9. The van der Waals surface area contributed by atoms with E-state index >= 15 is 0 Å². The van der Waals surface area contributed by atoms with Gasteiger partial charge in [0.05, 0.1) is 0 Å². The lowest BCUT2D eigenvalue weighted by Gasteiger charge is -2.36. The summed E-state index contributed by atoms with van der Waals surface area (Å²) in [6, 6.07) is 18.6. The lowest BCUT2D eigenvalue weighted by Crippen LogP contribution is -2.42. The Labute approximate surface area is 141 Å². The Morgan fingerprint density at radius 3 is 2.54 bits per heavy atom. The number of hydrogen-bond acceptors (Lipinski definition) is 4. The summed E-state index contributed by atoms with van der Waals surface area (Å²) in [5.74, 6) is 0.661. The van der Waals surface area contributed by atoms with E-state index < -0.39 is 0 Å². The van der Waals surface area contributed by atoms with E-state index in [0.29, 0.717) is 19.0 Å². The highest BCUT2D eigenvalue weighted by molar-refractivity contribution is 5.53. The maximum atomic E-state index is 5.60. The summed E-state index contributed by atoms with van der Waals surface area (Å²) in [6.45, 7) is 3.52. The lowest BCUT2D eigenvalue weighted by atomic mass is 9.82. The van der Waals surface area contributed by atoms with E-state index in [1.54, 1.807) is 4.80 Å². The maximum Gasteiger partial charge on any atom is 0.204 e. The molecular formula is C19H20N4O. The second kappa shape index (κ2) is 6.17. The Morgan fingerprint density at radius 2 is 1.79 bits per heavy atom. The van der Waals surface area contributed by atoms with Gasteiger partial charge in [0.1, 0.15) is 5.54 Å². The molecule has 5 nitrogen and oxygen atoms in total. The Kier molecular flexibility index (Phi) is 3.86. The average molecular weight is 320 g/mol. The van der Waals surface area contributed by atoms with Crippen molar-refractivity contribution in [1.82, 2.24) is 20.2 Å². The third kappa shape index (κ3) is 2.61. The molecule has 0 spiro atoms. The van der Waals surface area contributed by atoms with Crippen molar-refractivity contribution < 1.29 is 4.74 Å². The summed E-state index contributed by atoms with van der Waals surface area (Å²) < 4.78 is 5.60. The molecule has 1 aliphatic rings. The van der Waals surface area contributed by atoms with Crippen LogP contribution >= 0.6 is 0 Å². The van der Waals surface area contributed by atoms with E-state index in [2.05, 4.69) is 41.5 Å². The summed E-state index contributed by atoms with van der Waals surface area (Å²) in [7, 11) is 0. The van der Waals surface area contributed by atoms with Gasteiger partial charge in [-0.2, -0.15) is 4.80 Å². The van der Waals surface area contributed by atoms with Crippen molar-refractivity contribution in [1.29, 1.82) is 0 Å². The fourth-order valence-corrected chi connectivity index (χ4v) is 3.35. The van der Waals surface area contributed by atoms with E-state index in [1.165, 1.54) is 11.1 Å². The van der Waals surface area contributed by atoms with Crippen LogP contribution in [0.1, 0.15) is 24.0 Å². The van der Waals surface area contributed by atoms with Crippen molar-refractivity contribution in [3.05, 3.63) is 65.7 Å². The number of aromatic nitrogens is 4. The van der Waals surface area contributed by atoms with Gasteiger partial charge in [0, 0.05) is 31.6 Å². The van der Waals surface area contributed by atoms with E-state index in [9.17, 15) is 0 Å². The van der Waals surface area contributed by atoms with Gasteiger partial charge in [-0.25, -0.2) is 0 Å². The second-order valence-electron chi connectivity index (χ2n) is 6.28. The molecule has 1 aromatic heterocycles. The van der Waals surface area contributed by atoms with E-state index in [1.807, 2.05) is 30.3 Å². The minimum atomic E-state index is -0.287. The van der Waals surface area contributed by atoms with Gasteiger partial charge in [-0.05, 0) is 17.7 Å². The van der Waals surface area contributed by atoms with Crippen molar-refractivity contribution >= 4 is 0 Å². The van der Waals surface area contributed by atoms with Crippen LogP contribution in [0.4, 0.5) is 0 Å². The van der Waals surface area contributed by atoms with E-state index in [-0.39, 0.29) is 5.54 Å². The molecule has 3 aromatic rings. The molecule has 0 atom stereocenters. The summed E-state index contributed by atoms with van der Waals surface area (Å²) in [5, 5.41) is 13.4. The van der Waals surface area contributed by atoms with Crippen LogP contribution in [0.2, 0.25) is 0 Å². The first-order valence-electron chi connectivity index (χ1n) is 8.29. The highest BCUT2D eigenvalue weighted by Gasteiger charge is 2.39. The predicted octanol–water partition coefficient (Wildman–Crippen LogP) is 3.20. The first-order valence-corrected chi connectivity index (χ1v) is 8.29.